The zero-order valence-electron chi connectivity index (χ0n) is 17.2. The number of methoxy groups -OCH3 is 1. The number of hydrogen-bond acceptors (Lipinski definition) is 9. The molecule has 0 aliphatic heterocycles. The number of thioether (sulfide) groups is 1. The fourth-order valence-corrected chi connectivity index (χ4v) is 3.74. The summed E-state index contributed by atoms with van der Waals surface area (Å²) in [5, 5.41) is 5.10. The van der Waals surface area contributed by atoms with E-state index in [0.717, 1.165) is 17.0 Å². The van der Waals surface area contributed by atoms with Crippen molar-refractivity contribution in [2.45, 2.75) is 24.8 Å². The number of carbonyl (C=O) groups excluding carboxylic acids is 1. The van der Waals surface area contributed by atoms with Crippen molar-refractivity contribution >= 4 is 29.4 Å². The molecule has 2 N–H and O–H groups in total. The monoisotopic (exact) mass is 436 g/mol. The highest BCUT2D eigenvalue weighted by atomic mass is 32.2. The number of hydrogen-bond donors (Lipinski definition) is 2. The molecule has 0 atom stereocenters. The number of carbonyl (C=O) groups is 1. The van der Waals surface area contributed by atoms with Crippen LogP contribution in [0, 0.1) is 13.8 Å². The second-order valence-electron chi connectivity index (χ2n) is 6.59. The minimum atomic E-state index is -0.307. The highest BCUT2D eigenvalue weighted by Crippen LogP contribution is 2.23. The number of nitrogens with one attached hydrogen (secondary N) is 2. The lowest BCUT2D eigenvalue weighted by Crippen LogP contribution is -2.31. The number of amides is 1. The van der Waals surface area contributed by atoms with Crippen LogP contribution in [0.5, 0.6) is 5.88 Å². The van der Waals surface area contributed by atoms with Gasteiger partial charge in [0, 0.05) is 35.0 Å². The molecule has 1 aromatic carbocycles. The van der Waals surface area contributed by atoms with Gasteiger partial charge >= 0.3 is 0 Å². The molecular weight excluding hydrogens is 416 g/mol. The summed E-state index contributed by atoms with van der Waals surface area (Å²) in [4.78, 5) is 29.7. The topological polar surface area (TPSA) is 119 Å². The average molecular weight is 437 g/mol. The second-order valence-corrected chi connectivity index (χ2v) is 7.54. The molecule has 4 aromatic rings. The third kappa shape index (κ3) is 4.72. The van der Waals surface area contributed by atoms with Crippen LogP contribution in [-0.4, -0.2) is 42.6 Å². The minimum Gasteiger partial charge on any atom is -0.481 e. The van der Waals surface area contributed by atoms with E-state index < -0.39 is 0 Å². The Hall–Kier alpha value is -3.73. The number of aromatic nitrogens is 6. The van der Waals surface area contributed by atoms with Gasteiger partial charge in [-0.25, -0.2) is 14.5 Å². The van der Waals surface area contributed by atoms with Gasteiger partial charge in [-0.2, -0.15) is 9.97 Å². The number of rotatable bonds is 7. The van der Waals surface area contributed by atoms with Crippen LogP contribution in [0.2, 0.25) is 0 Å². The molecule has 0 aliphatic carbocycles. The van der Waals surface area contributed by atoms with Gasteiger partial charge in [-0.15, -0.1) is 5.10 Å². The predicted octanol–water partition coefficient (Wildman–Crippen LogP) is 2.59. The molecule has 0 fully saturated rings. The van der Waals surface area contributed by atoms with E-state index in [0.29, 0.717) is 28.1 Å². The van der Waals surface area contributed by atoms with Crippen molar-refractivity contribution < 1.29 is 9.53 Å². The van der Waals surface area contributed by atoms with Crippen LogP contribution < -0.4 is 15.6 Å². The third-order valence-corrected chi connectivity index (χ3v) is 5.23. The van der Waals surface area contributed by atoms with Gasteiger partial charge in [0.15, 0.2) is 0 Å². The first-order valence-electron chi connectivity index (χ1n) is 9.38. The number of aryl methyl sites for hydroxylation is 2. The number of anilines is 1. The van der Waals surface area contributed by atoms with Crippen LogP contribution in [0.4, 0.5) is 5.95 Å². The van der Waals surface area contributed by atoms with Gasteiger partial charge in [-0.05, 0) is 31.5 Å². The molecule has 3 heterocycles. The summed E-state index contributed by atoms with van der Waals surface area (Å²) >= 11 is 1.44. The molecule has 10 nitrogen and oxygen atoms in total. The first-order valence-corrected chi connectivity index (χ1v) is 10.4. The van der Waals surface area contributed by atoms with E-state index in [1.54, 1.807) is 16.6 Å². The maximum absolute atomic E-state index is 12.7. The Balaban J connectivity index is 1.45. The van der Waals surface area contributed by atoms with Gasteiger partial charge in [0.25, 0.3) is 11.7 Å². The van der Waals surface area contributed by atoms with Crippen LogP contribution in [0.15, 0.2) is 47.8 Å². The molecule has 0 spiro atoms. The lowest BCUT2D eigenvalue weighted by Gasteiger charge is -2.10. The molecule has 0 bridgehead atoms. The molecule has 0 radical (unpaired) electrons. The lowest BCUT2D eigenvalue weighted by molar-refractivity contribution is 0.0961. The van der Waals surface area contributed by atoms with Crippen molar-refractivity contribution in [3.63, 3.8) is 0 Å². The number of benzene rings is 1. The van der Waals surface area contributed by atoms with E-state index in [4.69, 9.17) is 4.74 Å². The molecule has 31 heavy (non-hydrogen) atoms. The summed E-state index contributed by atoms with van der Waals surface area (Å²) in [6.45, 7) is 3.89. The van der Waals surface area contributed by atoms with Gasteiger partial charge in [0.1, 0.15) is 0 Å². The Labute approximate surface area is 182 Å². The first kappa shape index (κ1) is 20.5. The molecule has 0 saturated heterocycles. The van der Waals surface area contributed by atoms with Crippen molar-refractivity contribution in [1.29, 1.82) is 0 Å². The highest BCUT2D eigenvalue weighted by Gasteiger charge is 2.14. The standard InChI is InChI=1S/C20H20N8O2S/c1-12-10-13(2)28-19(22-12)24-20(27-28)31-11-14-6-4-5-7-15(14)17(29)25-26-18-21-9-8-16(23-18)30-3/h4-10H,11H2,1-3H3,(H,25,29)(H,21,23,26). The average Bonchev–Trinajstić information content (AvgIpc) is 3.19. The fourth-order valence-electron chi connectivity index (χ4n) is 2.92. The quantitative estimate of drug-likeness (QED) is 0.333. The first-order chi connectivity index (χ1) is 15.0. The molecule has 4 rings (SSSR count). The second kappa shape index (κ2) is 8.96. The summed E-state index contributed by atoms with van der Waals surface area (Å²) in [5.74, 6) is 1.40. The predicted molar refractivity (Wildman–Crippen MR) is 116 cm³/mol. The highest BCUT2D eigenvalue weighted by molar-refractivity contribution is 7.98. The Bertz CT molecular complexity index is 1240. The molecule has 1 amide bonds. The molecule has 11 heteroatoms. The van der Waals surface area contributed by atoms with Crippen LogP contribution in [0.1, 0.15) is 27.3 Å². The maximum atomic E-state index is 12.7. The summed E-state index contributed by atoms with van der Waals surface area (Å²) < 4.78 is 6.76. The molecule has 158 valence electrons. The Morgan fingerprint density at radius 2 is 2.00 bits per heavy atom. The number of ether oxygens (including phenoxy) is 1. The van der Waals surface area contributed by atoms with Crippen molar-refractivity contribution in [1.82, 2.24) is 35.0 Å². The molecule has 0 aliphatic rings. The smallest absolute Gasteiger partial charge is 0.270 e. The zero-order valence-corrected chi connectivity index (χ0v) is 18.0. The van der Waals surface area contributed by atoms with E-state index >= 15 is 0 Å². The van der Waals surface area contributed by atoms with Crippen LogP contribution in [-0.2, 0) is 5.75 Å². The van der Waals surface area contributed by atoms with Gasteiger partial charge in [-0.1, -0.05) is 30.0 Å². The van der Waals surface area contributed by atoms with Gasteiger partial charge < -0.3 is 4.74 Å². The van der Waals surface area contributed by atoms with E-state index in [-0.39, 0.29) is 11.9 Å². The Kier molecular flexibility index (Phi) is 5.94. The van der Waals surface area contributed by atoms with Crippen molar-refractivity contribution in [3.05, 3.63) is 65.1 Å². The summed E-state index contributed by atoms with van der Waals surface area (Å²) in [6.07, 6.45) is 1.53. The number of hydrazine groups is 1. The van der Waals surface area contributed by atoms with Crippen LogP contribution >= 0.6 is 11.8 Å². The van der Waals surface area contributed by atoms with E-state index in [2.05, 4.69) is 35.9 Å². The van der Waals surface area contributed by atoms with Gasteiger partial charge in [-0.3, -0.25) is 15.6 Å². The normalized spacial score (nSPS) is 10.8. The SMILES string of the molecule is COc1ccnc(NNC(=O)c2ccccc2CSc2nc3nc(C)cc(C)n3n2)n1. The molecule has 3 aromatic heterocycles. The number of fused-ring (bicyclic) bond motifs is 1. The largest absolute Gasteiger partial charge is 0.481 e. The van der Waals surface area contributed by atoms with Crippen LogP contribution in [0.3, 0.4) is 0 Å². The zero-order chi connectivity index (χ0) is 21.8. The van der Waals surface area contributed by atoms with Crippen molar-refractivity contribution in [3.8, 4) is 5.88 Å². The van der Waals surface area contributed by atoms with Gasteiger partial charge in [0.2, 0.25) is 17.0 Å². The van der Waals surface area contributed by atoms with Crippen molar-refractivity contribution in [2.75, 3.05) is 12.5 Å². The van der Waals surface area contributed by atoms with E-state index in [1.165, 1.54) is 25.1 Å². The Morgan fingerprint density at radius 3 is 2.84 bits per heavy atom. The summed E-state index contributed by atoms with van der Waals surface area (Å²) in [7, 11) is 1.51. The van der Waals surface area contributed by atoms with E-state index in [9.17, 15) is 4.79 Å². The van der Waals surface area contributed by atoms with Crippen molar-refractivity contribution in [2.24, 2.45) is 0 Å². The molecule has 0 unspecified atom stereocenters. The van der Waals surface area contributed by atoms with E-state index in [1.807, 2.05) is 38.1 Å². The summed E-state index contributed by atoms with van der Waals surface area (Å²) in [6, 6.07) is 10.9. The lowest BCUT2D eigenvalue weighted by atomic mass is 10.1. The van der Waals surface area contributed by atoms with Gasteiger partial charge in [0.05, 0.1) is 7.11 Å². The minimum absolute atomic E-state index is 0.228. The van der Waals surface area contributed by atoms with Crippen LogP contribution in [0.25, 0.3) is 5.78 Å². The third-order valence-electron chi connectivity index (χ3n) is 4.34. The molecule has 0 saturated carbocycles. The maximum Gasteiger partial charge on any atom is 0.270 e. The number of nitrogens with zero attached hydrogens (tertiary/aromatic N) is 6. The fraction of sp³-hybridized carbons (Fsp3) is 0.200. The summed E-state index contributed by atoms with van der Waals surface area (Å²) in [5.41, 5.74) is 8.55. The molecular formula is C20H20N8O2S. The Morgan fingerprint density at radius 1 is 1.16 bits per heavy atom.